The Balaban J connectivity index is 1.90. The van der Waals surface area contributed by atoms with Gasteiger partial charge in [-0.25, -0.2) is 0 Å². The predicted molar refractivity (Wildman–Crippen MR) is 75.3 cm³/mol. The van der Waals surface area contributed by atoms with Crippen LogP contribution in [-0.4, -0.2) is 23.6 Å². The van der Waals surface area contributed by atoms with Gasteiger partial charge in [0.15, 0.2) is 0 Å². The van der Waals surface area contributed by atoms with Gasteiger partial charge >= 0.3 is 0 Å². The molecule has 3 rings (SSSR count). The summed E-state index contributed by atoms with van der Waals surface area (Å²) >= 11 is 0. The first-order chi connectivity index (χ1) is 9.28. The molecule has 0 radical (unpaired) electrons. The fourth-order valence-electron chi connectivity index (χ4n) is 2.52. The van der Waals surface area contributed by atoms with Crippen molar-refractivity contribution in [2.75, 3.05) is 18.0 Å². The molecule has 0 spiro atoms. The third kappa shape index (κ3) is 2.27. The van der Waals surface area contributed by atoms with Crippen molar-refractivity contribution in [3.63, 3.8) is 0 Å². The Morgan fingerprint density at radius 1 is 1.16 bits per heavy atom. The fraction of sp³-hybridized carbons (Fsp3) is 0.267. The van der Waals surface area contributed by atoms with Crippen LogP contribution in [0.3, 0.4) is 0 Å². The number of amides is 1. The Kier molecular flexibility index (Phi) is 3.09. The van der Waals surface area contributed by atoms with E-state index in [1.807, 2.05) is 58.3 Å². The second-order valence-corrected chi connectivity index (χ2v) is 4.92. The predicted octanol–water partition coefficient (Wildman–Crippen LogP) is 1.79. The highest BCUT2D eigenvalue weighted by molar-refractivity contribution is 5.96. The lowest BCUT2D eigenvalue weighted by molar-refractivity contribution is -0.117. The number of benzene rings is 1. The summed E-state index contributed by atoms with van der Waals surface area (Å²) < 4.78 is 2.03. The van der Waals surface area contributed by atoms with Crippen LogP contribution in [0.4, 0.5) is 5.69 Å². The van der Waals surface area contributed by atoms with Crippen LogP contribution in [0, 0.1) is 5.92 Å². The first-order valence-corrected chi connectivity index (χ1v) is 6.52. The van der Waals surface area contributed by atoms with Gasteiger partial charge in [-0.15, -0.1) is 0 Å². The van der Waals surface area contributed by atoms with Gasteiger partial charge < -0.3 is 15.2 Å². The van der Waals surface area contributed by atoms with Gasteiger partial charge in [0.05, 0.1) is 0 Å². The third-order valence-corrected chi connectivity index (χ3v) is 3.58. The summed E-state index contributed by atoms with van der Waals surface area (Å²) in [6, 6.07) is 12.0. The van der Waals surface area contributed by atoms with E-state index in [1.54, 1.807) is 0 Å². The largest absolute Gasteiger partial charge is 0.330 e. The molecule has 1 aromatic carbocycles. The maximum absolute atomic E-state index is 12.0. The van der Waals surface area contributed by atoms with Gasteiger partial charge in [-0.2, -0.15) is 0 Å². The normalized spacial score (nSPS) is 19.1. The van der Waals surface area contributed by atoms with Crippen molar-refractivity contribution in [3.8, 4) is 5.69 Å². The van der Waals surface area contributed by atoms with Gasteiger partial charge in [-0.05, 0) is 42.8 Å². The molecule has 2 aromatic rings. The van der Waals surface area contributed by atoms with Crippen LogP contribution >= 0.6 is 0 Å². The molecule has 1 atom stereocenters. The Morgan fingerprint density at radius 2 is 1.89 bits per heavy atom. The molecule has 1 aliphatic rings. The molecule has 1 aromatic heterocycles. The van der Waals surface area contributed by atoms with E-state index in [2.05, 4.69) is 0 Å². The molecule has 1 fully saturated rings. The number of rotatable bonds is 3. The molecule has 4 heteroatoms. The van der Waals surface area contributed by atoms with Crippen molar-refractivity contribution in [2.24, 2.45) is 11.7 Å². The minimum absolute atomic E-state index is 0.167. The van der Waals surface area contributed by atoms with E-state index < -0.39 is 0 Å². The monoisotopic (exact) mass is 255 g/mol. The lowest BCUT2D eigenvalue weighted by Gasteiger charge is -2.17. The number of nitrogens with two attached hydrogens (primary N) is 1. The lowest BCUT2D eigenvalue weighted by atomic mass is 10.1. The number of hydrogen-bond donors (Lipinski definition) is 1. The van der Waals surface area contributed by atoms with Crippen LogP contribution in [0.15, 0.2) is 48.8 Å². The average Bonchev–Trinajstić information content (AvgIpc) is 3.08. The van der Waals surface area contributed by atoms with E-state index in [0.717, 1.165) is 17.9 Å². The Hall–Kier alpha value is -2.07. The molecule has 0 bridgehead atoms. The molecule has 1 amide bonds. The summed E-state index contributed by atoms with van der Waals surface area (Å²) in [4.78, 5) is 13.8. The summed E-state index contributed by atoms with van der Waals surface area (Å²) in [5.41, 5.74) is 7.67. The summed E-state index contributed by atoms with van der Waals surface area (Å²) in [5.74, 6) is 0.447. The molecule has 98 valence electrons. The van der Waals surface area contributed by atoms with Crippen LogP contribution in [0.5, 0.6) is 0 Å². The second-order valence-electron chi connectivity index (χ2n) is 4.92. The first-order valence-electron chi connectivity index (χ1n) is 6.52. The Bertz CT molecular complexity index is 577. The van der Waals surface area contributed by atoms with Gasteiger partial charge in [-0.1, -0.05) is 6.07 Å². The zero-order valence-electron chi connectivity index (χ0n) is 10.7. The van der Waals surface area contributed by atoms with E-state index in [4.69, 9.17) is 5.73 Å². The van der Waals surface area contributed by atoms with Crippen LogP contribution in [0.25, 0.3) is 5.69 Å². The van der Waals surface area contributed by atoms with E-state index >= 15 is 0 Å². The molecule has 0 saturated carbocycles. The summed E-state index contributed by atoms with van der Waals surface area (Å²) in [6.45, 7) is 1.30. The van der Waals surface area contributed by atoms with Gasteiger partial charge in [0.1, 0.15) is 0 Å². The maximum Gasteiger partial charge on any atom is 0.227 e. The van der Waals surface area contributed by atoms with Crippen LogP contribution in [0.2, 0.25) is 0 Å². The highest BCUT2D eigenvalue weighted by Gasteiger charge is 2.29. The highest BCUT2D eigenvalue weighted by Crippen LogP contribution is 2.26. The number of carbonyl (C=O) groups is 1. The molecule has 0 aliphatic carbocycles. The first kappa shape index (κ1) is 12.0. The van der Waals surface area contributed by atoms with Crippen molar-refractivity contribution < 1.29 is 4.79 Å². The summed E-state index contributed by atoms with van der Waals surface area (Å²) in [7, 11) is 0. The zero-order valence-corrected chi connectivity index (χ0v) is 10.7. The minimum atomic E-state index is 0.167. The van der Waals surface area contributed by atoms with Gasteiger partial charge in [0.2, 0.25) is 5.91 Å². The molecule has 1 aliphatic heterocycles. The average molecular weight is 255 g/mol. The Labute approximate surface area is 112 Å². The number of aromatic nitrogens is 1. The van der Waals surface area contributed by atoms with Crippen molar-refractivity contribution in [3.05, 3.63) is 48.8 Å². The smallest absolute Gasteiger partial charge is 0.227 e. The maximum atomic E-state index is 12.0. The Morgan fingerprint density at radius 3 is 2.58 bits per heavy atom. The molecule has 1 saturated heterocycles. The number of carbonyl (C=O) groups excluding carboxylic acids is 1. The van der Waals surface area contributed by atoms with Crippen LogP contribution in [0.1, 0.15) is 6.42 Å². The quantitative estimate of drug-likeness (QED) is 0.909. The second kappa shape index (κ2) is 4.90. The van der Waals surface area contributed by atoms with E-state index in [1.165, 1.54) is 0 Å². The van der Waals surface area contributed by atoms with Crippen LogP contribution in [-0.2, 0) is 4.79 Å². The van der Waals surface area contributed by atoms with E-state index in [0.29, 0.717) is 13.0 Å². The van der Waals surface area contributed by atoms with Crippen LogP contribution < -0.4 is 10.6 Å². The number of anilines is 1. The van der Waals surface area contributed by atoms with E-state index in [-0.39, 0.29) is 11.8 Å². The summed E-state index contributed by atoms with van der Waals surface area (Å²) in [5, 5.41) is 0. The van der Waals surface area contributed by atoms with Crippen molar-refractivity contribution >= 4 is 11.6 Å². The third-order valence-electron chi connectivity index (χ3n) is 3.58. The highest BCUT2D eigenvalue weighted by atomic mass is 16.2. The standard InChI is InChI=1S/C15H17N3O/c16-10-12-8-15(19)18(11-12)14-5-3-4-13(9-14)17-6-1-2-7-17/h1-7,9,12H,8,10-11,16H2. The van der Waals surface area contributed by atoms with Gasteiger partial charge in [-0.3, -0.25) is 4.79 Å². The topological polar surface area (TPSA) is 51.3 Å². The summed E-state index contributed by atoms with van der Waals surface area (Å²) in [6.07, 6.45) is 4.55. The molecule has 1 unspecified atom stereocenters. The van der Waals surface area contributed by atoms with Crippen molar-refractivity contribution in [1.29, 1.82) is 0 Å². The van der Waals surface area contributed by atoms with Crippen molar-refractivity contribution in [1.82, 2.24) is 4.57 Å². The van der Waals surface area contributed by atoms with E-state index in [9.17, 15) is 4.79 Å². The SMILES string of the molecule is NCC1CC(=O)N(c2cccc(-n3cccc3)c2)C1. The minimum Gasteiger partial charge on any atom is -0.330 e. The molecule has 2 heterocycles. The van der Waals surface area contributed by atoms with Gasteiger partial charge in [0.25, 0.3) is 0 Å². The van der Waals surface area contributed by atoms with Crippen molar-refractivity contribution in [2.45, 2.75) is 6.42 Å². The molecular weight excluding hydrogens is 238 g/mol. The number of nitrogens with zero attached hydrogens (tertiary/aromatic N) is 2. The fourth-order valence-corrected chi connectivity index (χ4v) is 2.52. The van der Waals surface area contributed by atoms with Gasteiger partial charge in [0, 0.05) is 36.7 Å². The zero-order chi connectivity index (χ0) is 13.2. The molecule has 4 nitrogen and oxygen atoms in total. The number of hydrogen-bond acceptors (Lipinski definition) is 2. The molecular formula is C15H17N3O. The lowest BCUT2D eigenvalue weighted by Crippen LogP contribution is -2.25. The molecule has 2 N–H and O–H groups in total. The molecule has 19 heavy (non-hydrogen) atoms.